The van der Waals surface area contributed by atoms with Gasteiger partial charge in [0.2, 0.25) is 0 Å². The van der Waals surface area contributed by atoms with E-state index in [9.17, 15) is 14.3 Å². The van der Waals surface area contributed by atoms with Gasteiger partial charge in [-0.2, -0.15) is 9.90 Å². The molecule has 0 aliphatic heterocycles. The predicted molar refractivity (Wildman–Crippen MR) is 106 cm³/mol. The van der Waals surface area contributed by atoms with Crippen molar-refractivity contribution < 1.29 is 14.3 Å². The van der Waals surface area contributed by atoms with Crippen LogP contribution in [-0.4, -0.2) is 55.4 Å². The second-order valence-corrected chi connectivity index (χ2v) is 7.29. The molecule has 28 heavy (non-hydrogen) atoms. The Bertz CT molecular complexity index is 801. The minimum atomic E-state index is -1.59. The van der Waals surface area contributed by atoms with Crippen molar-refractivity contribution in [3.63, 3.8) is 0 Å². The Kier molecular flexibility index (Phi) is 6.90. The minimum Gasteiger partial charge on any atom is -0.387 e. The molecule has 1 atom stereocenters. The molecule has 0 aliphatic carbocycles. The summed E-state index contributed by atoms with van der Waals surface area (Å²) < 4.78 is 13.9. The first-order valence-corrected chi connectivity index (χ1v) is 9.18. The molecule has 1 unspecified atom stereocenters. The summed E-state index contributed by atoms with van der Waals surface area (Å²) in [5, 5.41) is 26.7. The molecule has 2 rings (SSSR count). The number of hydrogen-bond donors (Lipinski definition) is 4. The second-order valence-electron chi connectivity index (χ2n) is 7.29. The van der Waals surface area contributed by atoms with Crippen LogP contribution in [0.15, 0.2) is 18.5 Å². The average molecular weight is 393 g/mol. The monoisotopic (exact) mass is 393 g/mol. The number of aromatic nitrogens is 4. The fraction of sp³-hybridized carbons (Fsp3) is 0.556. The number of nitrogens with zero attached hydrogens (tertiary/aromatic N) is 4. The van der Waals surface area contributed by atoms with Gasteiger partial charge in [0, 0.05) is 18.3 Å². The average Bonchev–Trinajstić information content (AvgIpc) is 3.05. The first kappa shape index (κ1) is 21.5. The van der Waals surface area contributed by atoms with Crippen LogP contribution in [0, 0.1) is 0 Å². The first-order chi connectivity index (χ1) is 13.1. The van der Waals surface area contributed by atoms with Gasteiger partial charge >= 0.3 is 0 Å². The van der Waals surface area contributed by atoms with Crippen LogP contribution in [0.2, 0.25) is 0 Å². The number of amides is 1. The maximum Gasteiger partial charge on any atom is 0.255 e. The second kappa shape index (κ2) is 8.96. The molecule has 0 spiro atoms. The molecule has 0 aromatic carbocycles. The highest BCUT2D eigenvalue weighted by Crippen LogP contribution is 2.22. The van der Waals surface area contributed by atoms with E-state index in [-0.39, 0.29) is 18.2 Å². The molecular formula is C18H28FN7O2. The predicted octanol–water partition coefficient (Wildman–Crippen LogP) is 2.10. The molecule has 0 saturated heterocycles. The lowest BCUT2D eigenvalue weighted by Gasteiger charge is -2.23. The zero-order valence-corrected chi connectivity index (χ0v) is 16.8. The number of aryl methyl sites for hydroxylation is 1. The number of aliphatic hydroxyl groups is 1. The normalized spacial score (nSPS) is 12.7. The van der Waals surface area contributed by atoms with Gasteiger partial charge in [0.15, 0.2) is 5.82 Å². The molecule has 2 heterocycles. The summed E-state index contributed by atoms with van der Waals surface area (Å²) in [7, 11) is 0. The molecule has 154 valence electrons. The zero-order chi connectivity index (χ0) is 20.9. The first-order valence-electron chi connectivity index (χ1n) is 9.18. The van der Waals surface area contributed by atoms with Gasteiger partial charge in [-0.3, -0.25) is 4.79 Å². The van der Waals surface area contributed by atoms with Crippen molar-refractivity contribution in [1.29, 1.82) is 0 Å². The van der Waals surface area contributed by atoms with E-state index in [1.165, 1.54) is 24.8 Å². The number of carbonyl (C=O) groups is 1. The van der Waals surface area contributed by atoms with Crippen molar-refractivity contribution in [2.75, 3.05) is 17.2 Å². The maximum absolute atomic E-state index is 13.9. The van der Waals surface area contributed by atoms with Crippen LogP contribution in [0.5, 0.6) is 0 Å². The molecule has 0 radical (unpaired) electrons. The van der Waals surface area contributed by atoms with Crippen LogP contribution in [0.25, 0.3) is 0 Å². The molecule has 0 saturated carbocycles. The minimum absolute atomic E-state index is 0.0630. The van der Waals surface area contributed by atoms with E-state index in [0.29, 0.717) is 23.9 Å². The van der Waals surface area contributed by atoms with E-state index >= 15 is 0 Å². The Morgan fingerprint density at radius 2 is 2.04 bits per heavy atom. The fourth-order valence-electron chi connectivity index (χ4n) is 2.30. The largest absolute Gasteiger partial charge is 0.387 e. The Labute approximate surface area is 163 Å². The lowest BCUT2D eigenvalue weighted by Crippen LogP contribution is -2.42. The Morgan fingerprint density at radius 1 is 1.32 bits per heavy atom. The number of rotatable bonds is 9. The van der Waals surface area contributed by atoms with Gasteiger partial charge in [0.25, 0.3) is 5.91 Å². The van der Waals surface area contributed by atoms with Crippen molar-refractivity contribution in [3.8, 4) is 0 Å². The topological polar surface area (TPSA) is 117 Å². The molecule has 9 nitrogen and oxygen atoms in total. The Hall–Kier alpha value is -2.75. The Balaban J connectivity index is 2.17. The third-order valence-electron chi connectivity index (χ3n) is 3.88. The van der Waals surface area contributed by atoms with Crippen LogP contribution in [-0.2, 0) is 6.54 Å². The summed E-state index contributed by atoms with van der Waals surface area (Å²) in [6.45, 7) is 8.86. The van der Waals surface area contributed by atoms with Gasteiger partial charge < -0.3 is 21.1 Å². The van der Waals surface area contributed by atoms with E-state index in [0.717, 1.165) is 0 Å². The van der Waals surface area contributed by atoms with Gasteiger partial charge in [-0.15, -0.1) is 5.10 Å². The molecule has 0 fully saturated rings. The van der Waals surface area contributed by atoms with E-state index in [1.807, 2.05) is 20.8 Å². The quantitative estimate of drug-likeness (QED) is 0.515. The SMILES string of the molecule is CCn1ncc(Nc2cc(NC(C)C)c(C(=O)NCC(F)C(C)(C)O)cn2)n1. The summed E-state index contributed by atoms with van der Waals surface area (Å²) in [5.74, 6) is 0.543. The van der Waals surface area contributed by atoms with Crippen molar-refractivity contribution in [3.05, 3.63) is 24.0 Å². The summed E-state index contributed by atoms with van der Waals surface area (Å²) in [6.07, 6.45) is 1.40. The highest BCUT2D eigenvalue weighted by molar-refractivity contribution is 5.99. The van der Waals surface area contributed by atoms with Crippen molar-refractivity contribution >= 4 is 23.2 Å². The number of pyridine rings is 1. The third kappa shape index (κ3) is 5.88. The standard InChI is InChI=1S/C18H28FN7O2/c1-6-26-22-10-16(25-26)24-15-7-13(23-11(2)3)12(8-20-15)17(27)21-9-14(19)18(4,5)28/h7-8,10-11,14,28H,6,9H2,1-5H3,(H,21,27)(H2,20,23,24,25). The fourth-order valence-corrected chi connectivity index (χ4v) is 2.30. The third-order valence-corrected chi connectivity index (χ3v) is 3.88. The number of nitrogens with one attached hydrogen (secondary N) is 3. The van der Waals surface area contributed by atoms with Gasteiger partial charge in [-0.05, 0) is 34.6 Å². The summed E-state index contributed by atoms with van der Waals surface area (Å²) in [4.78, 5) is 18.3. The van der Waals surface area contributed by atoms with E-state index in [1.54, 1.807) is 12.3 Å². The summed E-state index contributed by atoms with van der Waals surface area (Å²) in [6, 6.07) is 1.75. The highest BCUT2D eigenvalue weighted by atomic mass is 19.1. The lowest BCUT2D eigenvalue weighted by atomic mass is 10.0. The molecule has 2 aromatic heterocycles. The van der Waals surface area contributed by atoms with Gasteiger partial charge in [-0.25, -0.2) is 9.37 Å². The van der Waals surface area contributed by atoms with Crippen molar-refractivity contribution in [2.24, 2.45) is 0 Å². The van der Waals surface area contributed by atoms with Crippen molar-refractivity contribution in [2.45, 2.75) is 59.0 Å². The molecule has 2 aromatic rings. The van der Waals surface area contributed by atoms with Gasteiger partial charge in [0.1, 0.15) is 12.0 Å². The zero-order valence-electron chi connectivity index (χ0n) is 16.8. The van der Waals surface area contributed by atoms with Crippen LogP contribution < -0.4 is 16.0 Å². The molecule has 10 heteroatoms. The number of hydrogen-bond acceptors (Lipinski definition) is 7. The van der Waals surface area contributed by atoms with Gasteiger partial charge in [0.05, 0.1) is 36.1 Å². The maximum atomic E-state index is 13.9. The number of halogens is 1. The summed E-state index contributed by atoms with van der Waals surface area (Å²) >= 11 is 0. The van der Waals surface area contributed by atoms with Crippen LogP contribution in [0.4, 0.5) is 21.7 Å². The van der Waals surface area contributed by atoms with Crippen LogP contribution in [0.1, 0.15) is 45.0 Å². The van der Waals surface area contributed by atoms with Gasteiger partial charge in [-0.1, -0.05) is 0 Å². The molecule has 1 amide bonds. The van der Waals surface area contributed by atoms with Crippen LogP contribution >= 0.6 is 0 Å². The Morgan fingerprint density at radius 3 is 2.61 bits per heavy atom. The molecule has 0 aliphatic rings. The molecule has 0 bridgehead atoms. The van der Waals surface area contributed by atoms with Crippen molar-refractivity contribution in [1.82, 2.24) is 25.3 Å². The number of alkyl halides is 1. The lowest BCUT2D eigenvalue weighted by molar-refractivity contribution is -0.00177. The molecule has 4 N–H and O–H groups in total. The van der Waals surface area contributed by atoms with E-state index in [4.69, 9.17) is 0 Å². The number of carbonyl (C=O) groups excluding carboxylic acids is 1. The molecular weight excluding hydrogens is 365 g/mol. The van der Waals surface area contributed by atoms with E-state index in [2.05, 4.69) is 31.1 Å². The van der Waals surface area contributed by atoms with E-state index < -0.39 is 17.7 Å². The highest BCUT2D eigenvalue weighted by Gasteiger charge is 2.27. The smallest absolute Gasteiger partial charge is 0.255 e. The summed E-state index contributed by atoms with van der Waals surface area (Å²) in [5.41, 5.74) is -0.709. The van der Waals surface area contributed by atoms with Crippen LogP contribution in [0.3, 0.4) is 0 Å². The number of anilines is 3.